The fourth-order valence-electron chi connectivity index (χ4n) is 5.21. The summed E-state index contributed by atoms with van der Waals surface area (Å²) in [5, 5.41) is 12.4. The van der Waals surface area contributed by atoms with Crippen LogP contribution in [0.25, 0.3) is 22.6 Å². The average Bonchev–Trinajstić information content (AvgIpc) is 3.43. The first-order valence-corrected chi connectivity index (χ1v) is 13.7. The van der Waals surface area contributed by atoms with Gasteiger partial charge in [0.2, 0.25) is 5.89 Å². The van der Waals surface area contributed by atoms with E-state index >= 15 is 0 Å². The van der Waals surface area contributed by atoms with Crippen molar-refractivity contribution < 1.29 is 18.7 Å². The van der Waals surface area contributed by atoms with Crippen molar-refractivity contribution in [2.45, 2.75) is 45.4 Å². The zero-order valence-electron chi connectivity index (χ0n) is 23.1. The van der Waals surface area contributed by atoms with Crippen LogP contribution < -0.4 is 5.32 Å². The number of aliphatic imine (C=N–C) groups is 1. The number of hydrogen-bond acceptors (Lipinski definition) is 8. The standard InChI is InChI=1S/C31H33N5O4/c1-19(2)24-15-21(17-32)16-26-28(24)40-30(35-26)23-9-7-22(8-10-23)29(37)33-18-20-11-13-36(14-12-20)27-6-4-5-25(34-27)31(38)39-3/h5,7-10,15-16,19-20H,4,6,11-14,18H2,1-3H3,(H,33,37). The first-order chi connectivity index (χ1) is 19.4. The van der Waals surface area contributed by atoms with E-state index in [1.165, 1.54) is 7.11 Å². The number of carbonyl (C=O) groups is 2. The third-order valence-electron chi connectivity index (χ3n) is 7.54. The molecule has 0 spiro atoms. The van der Waals surface area contributed by atoms with Crippen LogP contribution in [0.4, 0.5) is 0 Å². The van der Waals surface area contributed by atoms with Gasteiger partial charge in [0.25, 0.3) is 5.91 Å². The highest BCUT2D eigenvalue weighted by Crippen LogP contribution is 2.31. The molecule has 0 unspecified atom stereocenters. The zero-order valence-corrected chi connectivity index (χ0v) is 23.1. The van der Waals surface area contributed by atoms with E-state index in [1.54, 1.807) is 18.2 Å². The number of rotatable bonds is 6. The third kappa shape index (κ3) is 5.76. The Morgan fingerprint density at radius 1 is 1.20 bits per heavy atom. The Bertz CT molecular complexity index is 1520. The van der Waals surface area contributed by atoms with Gasteiger partial charge in [-0.25, -0.2) is 14.8 Å². The predicted molar refractivity (Wildman–Crippen MR) is 152 cm³/mol. The largest absolute Gasteiger partial charge is 0.464 e. The number of nitrogens with one attached hydrogen (secondary N) is 1. The molecular formula is C31H33N5O4. The molecule has 1 fully saturated rings. The third-order valence-corrected chi connectivity index (χ3v) is 7.54. The summed E-state index contributed by atoms with van der Waals surface area (Å²) in [6, 6.07) is 13.0. The normalized spacial score (nSPS) is 15.9. The lowest BCUT2D eigenvalue weighted by atomic mass is 9.96. The Hall–Kier alpha value is -4.45. The Labute approximate surface area is 233 Å². The summed E-state index contributed by atoms with van der Waals surface area (Å²) in [6.45, 7) is 6.42. The van der Waals surface area contributed by atoms with Crippen LogP contribution in [0.2, 0.25) is 0 Å². The number of fused-ring (bicyclic) bond motifs is 1. The van der Waals surface area contributed by atoms with Crippen LogP contribution in [0, 0.1) is 17.2 Å². The summed E-state index contributed by atoms with van der Waals surface area (Å²) >= 11 is 0. The van der Waals surface area contributed by atoms with Gasteiger partial charge in [-0.3, -0.25) is 4.79 Å². The number of carbonyl (C=O) groups excluding carboxylic acids is 2. The number of oxazole rings is 1. The number of amidine groups is 1. The smallest absolute Gasteiger partial charge is 0.356 e. The number of nitrogens with zero attached hydrogens (tertiary/aromatic N) is 4. The second-order valence-electron chi connectivity index (χ2n) is 10.6. The summed E-state index contributed by atoms with van der Waals surface area (Å²) < 4.78 is 10.9. The van der Waals surface area contributed by atoms with Crippen molar-refractivity contribution in [1.82, 2.24) is 15.2 Å². The maximum atomic E-state index is 12.8. The average molecular weight is 540 g/mol. The second-order valence-corrected chi connectivity index (χ2v) is 10.6. The molecule has 5 rings (SSSR count). The van der Waals surface area contributed by atoms with Gasteiger partial charge >= 0.3 is 5.97 Å². The molecule has 2 aliphatic heterocycles. The van der Waals surface area contributed by atoms with E-state index in [1.807, 2.05) is 24.3 Å². The van der Waals surface area contributed by atoms with Gasteiger partial charge in [-0.05, 0) is 67.5 Å². The fraction of sp³-hybridized carbons (Fsp3) is 0.387. The molecule has 1 saturated heterocycles. The van der Waals surface area contributed by atoms with Crippen molar-refractivity contribution in [2.75, 3.05) is 26.7 Å². The van der Waals surface area contributed by atoms with Gasteiger partial charge in [-0.2, -0.15) is 5.26 Å². The maximum absolute atomic E-state index is 12.8. The summed E-state index contributed by atoms with van der Waals surface area (Å²) in [4.78, 5) is 36.0. The van der Waals surface area contributed by atoms with Gasteiger partial charge in [0.15, 0.2) is 5.58 Å². The maximum Gasteiger partial charge on any atom is 0.356 e. The quantitative estimate of drug-likeness (QED) is 0.428. The number of esters is 1. The van der Waals surface area contributed by atoms with E-state index in [-0.39, 0.29) is 11.8 Å². The summed E-state index contributed by atoms with van der Waals surface area (Å²) in [5.74, 6) is 1.46. The molecule has 9 nitrogen and oxygen atoms in total. The van der Waals surface area contributed by atoms with Crippen LogP contribution in [0.5, 0.6) is 0 Å². The molecular weight excluding hydrogens is 506 g/mol. The van der Waals surface area contributed by atoms with E-state index in [0.717, 1.165) is 55.7 Å². The lowest BCUT2D eigenvalue weighted by molar-refractivity contribution is -0.136. The Morgan fingerprint density at radius 3 is 2.62 bits per heavy atom. The minimum atomic E-state index is -0.397. The lowest BCUT2D eigenvalue weighted by Gasteiger charge is -2.35. The molecule has 206 valence electrons. The van der Waals surface area contributed by atoms with Gasteiger partial charge in [0.1, 0.15) is 17.0 Å². The van der Waals surface area contributed by atoms with Crippen LogP contribution in [-0.2, 0) is 9.53 Å². The molecule has 1 N–H and O–H groups in total. The molecule has 0 saturated carbocycles. The van der Waals surface area contributed by atoms with E-state index in [9.17, 15) is 14.9 Å². The zero-order chi connectivity index (χ0) is 28.2. The Balaban J connectivity index is 1.17. The molecule has 1 amide bonds. The molecule has 2 aliphatic rings. The van der Waals surface area contributed by atoms with E-state index in [2.05, 4.69) is 40.1 Å². The minimum Gasteiger partial charge on any atom is -0.464 e. The first-order valence-electron chi connectivity index (χ1n) is 13.7. The number of likely N-dealkylation sites (tertiary alicyclic amines) is 1. The lowest BCUT2D eigenvalue weighted by Crippen LogP contribution is -2.42. The highest BCUT2D eigenvalue weighted by Gasteiger charge is 2.24. The minimum absolute atomic E-state index is 0.114. The SMILES string of the molecule is COC(=O)C1=CCCC(N2CCC(CNC(=O)c3ccc(-c4nc5cc(C#N)cc(C(C)C)c5o4)cc3)CC2)=N1. The number of aromatic nitrogens is 1. The number of hydrogen-bond donors (Lipinski definition) is 1. The fourth-order valence-corrected chi connectivity index (χ4v) is 5.21. The highest BCUT2D eigenvalue weighted by molar-refractivity contribution is 5.95. The van der Waals surface area contributed by atoms with Crippen molar-refractivity contribution in [3.63, 3.8) is 0 Å². The number of amides is 1. The number of benzene rings is 2. The van der Waals surface area contributed by atoms with Crippen LogP contribution >= 0.6 is 0 Å². The number of nitriles is 1. The van der Waals surface area contributed by atoms with Crippen LogP contribution in [-0.4, -0.2) is 54.3 Å². The molecule has 1 aromatic heterocycles. The molecule has 3 aromatic rings. The van der Waals surface area contributed by atoms with Gasteiger partial charge in [0.05, 0.1) is 18.7 Å². The van der Waals surface area contributed by atoms with Crippen LogP contribution in [0.1, 0.15) is 66.9 Å². The summed E-state index contributed by atoms with van der Waals surface area (Å²) in [6.07, 6.45) is 5.32. The molecule has 0 atom stereocenters. The topological polar surface area (TPSA) is 121 Å². The van der Waals surface area contributed by atoms with Gasteiger partial charge in [-0.1, -0.05) is 19.9 Å². The van der Waals surface area contributed by atoms with Gasteiger partial charge < -0.3 is 19.4 Å². The van der Waals surface area contributed by atoms with Crippen molar-refractivity contribution >= 4 is 28.8 Å². The Morgan fingerprint density at radius 2 is 1.95 bits per heavy atom. The van der Waals surface area contributed by atoms with Gasteiger partial charge in [-0.15, -0.1) is 0 Å². The number of piperidine rings is 1. The van der Waals surface area contributed by atoms with Gasteiger partial charge in [0, 0.05) is 42.7 Å². The Kier molecular flexibility index (Phi) is 7.96. The molecule has 0 aliphatic carbocycles. The van der Waals surface area contributed by atoms with Crippen molar-refractivity contribution in [3.8, 4) is 17.5 Å². The molecule has 40 heavy (non-hydrogen) atoms. The number of methoxy groups -OCH3 is 1. The molecule has 0 bridgehead atoms. The highest BCUT2D eigenvalue weighted by atomic mass is 16.5. The van der Waals surface area contributed by atoms with Crippen molar-refractivity contribution in [2.24, 2.45) is 10.9 Å². The van der Waals surface area contributed by atoms with Crippen LogP contribution in [0.3, 0.4) is 0 Å². The molecule has 2 aromatic carbocycles. The number of allylic oxidation sites excluding steroid dienone is 1. The molecule has 0 radical (unpaired) electrons. The van der Waals surface area contributed by atoms with E-state index in [0.29, 0.717) is 46.3 Å². The van der Waals surface area contributed by atoms with E-state index < -0.39 is 5.97 Å². The van der Waals surface area contributed by atoms with Crippen LogP contribution in [0.15, 0.2) is 57.6 Å². The first kappa shape index (κ1) is 27.1. The summed E-state index contributed by atoms with van der Waals surface area (Å²) in [7, 11) is 1.37. The van der Waals surface area contributed by atoms with Crippen molar-refractivity contribution in [3.05, 3.63) is 64.9 Å². The molecule has 9 heteroatoms. The van der Waals surface area contributed by atoms with E-state index in [4.69, 9.17) is 9.15 Å². The number of ether oxygens (including phenoxy) is 1. The molecule has 3 heterocycles. The van der Waals surface area contributed by atoms with Crippen molar-refractivity contribution in [1.29, 1.82) is 5.26 Å². The summed E-state index contributed by atoms with van der Waals surface area (Å²) in [5.41, 5.74) is 4.57. The monoisotopic (exact) mass is 539 g/mol. The second kappa shape index (κ2) is 11.7. The predicted octanol–water partition coefficient (Wildman–Crippen LogP) is 5.18.